The van der Waals surface area contributed by atoms with Gasteiger partial charge in [-0.2, -0.15) is 0 Å². The van der Waals surface area contributed by atoms with Gasteiger partial charge in [0.1, 0.15) is 0 Å². The number of carbonyl (C=O) groups excluding carboxylic acids is 2. The third kappa shape index (κ3) is 3.91. The van der Waals surface area contributed by atoms with Crippen molar-refractivity contribution in [2.75, 3.05) is 13.7 Å². The second-order valence-corrected chi connectivity index (χ2v) is 9.10. The number of hydrogen-bond acceptors (Lipinski definition) is 3. The molecule has 0 spiro atoms. The van der Waals surface area contributed by atoms with Crippen molar-refractivity contribution in [1.29, 1.82) is 0 Å². The van der Waals surface area contributed by atoms with Crippen molar-refractivity contribution in [2.45, 2.75) is 38.5 Å². The Morgan fingerprint density at radius 2 is 1.81 bits per heavy atom. The van der Waals surface area contributed by atoms with Crippen LogP contribution >= 0.6 is 11.6 Å². The van der Waals surface area contributed by atoms with E-state index in [0.29, 0.717) is 16.0 Å². The predicted octanol–water partition coefficient (Wildman–Crippen LogP) is 4.47. The summed E-state index contributed by atoms with van der Waals surface area (Å²) in [6.45, 7) is 0.744. The van der Waals surface area contributed by atoms with Crippen molar-refractivity contribution in [3.63, 3.8) is 0 Å². The highest BCUT2D eigenvalue weighted by Crippen LogP contribution is 2.59. The molecule has 0 unspecified atom stereocenters. The number of nitrogens with one attached hydrogen (secondary N) is 1. The Balaban J connectivity index is 1.44. The van der Waals surface area contributed by atoms with Gasteiger partial charge in [-0.3, -0.25) is 4.79 Å². The molecule has 4 saturated carbocycles. The molecular formula is C22H26ClNO3. The molecule has 0 heterocycles. The molecule has 1 N–H and O–H groups in total. The van der Waals surface area contributed by atoms with Gasteiger partial charge >= 0.3 is 5.97 Å². The minimum Gasteiger partial charge on any atom is -0.466 e. The van der Waals surface area contributed by atoms with Crippen molar-refractivity contribution in [3.05, 3.63) is 40.4 Å². The number of amides is 1. The molecule has 144 valence electrons. The van der Waals surface area contributed by atoms with E-state index in [1.807, 2.05) is 0 Å². The molecule has 4 aliphatic rings. The summed E-state index contributed by atoms with van der Waals surface area (Å²) in [5, 5.41) is 3.59. The quantitative estimate of drug-likeness (QED) is 0.599. The zero-order valence-corrected chi connectivity index (χ0v) is 16.4. The Hall–Kier alpha value is -1.81. The molecule has 4 nitrogen and oxygen atoms in total. The van der Waals surface area contributed by atoms with E-state index in [1.54, 1.807) is 24.3 Å². The number of esters is 1. The smallest absolute Gasteiger partial charge is 0.330 e. The van der Waals surface area contributed by atoms with Crippen molar-refractivity contribution in [2.24, 2.45) is 23.2 Å². The molecule has 0 aromatic heterocycles. The van der Waals surface area contributed by atoms with E-state index in [1.165, 1.54) is 51.7 Å². The molecule has 5 heteroatoms. The van der Waals surface area contributed by atoms with Crippen LogP contribution < -0.4 is 5.32 Å². The zero-order chi connectivity index (χ0) is 19.0. The molecule has 27 heavy (non-hydrogen) atoms. The lowest BCUT2D eigenvalue weighted by Gasteiger charge is -2.56. The van der Waals surface area contributed by atoms with E-state index in [-0.39, 0.29) is 5.91 Å². The Morgan fingerprint density at radius 3 is 2.41 bits per heavy atom. The van der Waals surface area contributed by atoms with Crippen molar-refractivity contribution < 1.29 is 14.3 Å². The average molecular weight is 388 g/mol. The molecule has 0 saturated heterocycles. The maximum absolute atomic E-state index is 12.8. The summed E-state index contributed by atoms with van der Waals surface area (Å²) in [4.78, 5) is 24.1. The number of carbonyl (C=O) groups is 2. The fraction of sp³-hybridized carbons (Fsp3) is 0.545. The molecule has 0 aliphatic heterocycles. The van der Waals surface area contributed by atoms with Crippen LogP contribution in [-0.2, 0) is 9.53 Å². The molecule has 0 atom stereocenters. The molecule has 1 aromatic carbocycles. The first-order chi connectivity index (χ1) is 13.0. The molecule has 0 radical (unpaired) electrons. The van der Waals surface area contributed by atoms with E-state index in [4.69, 9.17) is 11.6 Å². The van der Waals surface area contributed by atoms with Gasteiger partial charge in [0.05, 0.1) is 17.7 Å². The van der Waals surface area contributed by atoms with Gasteiger partial charge in [-0.1, -0.05) is 17.7 Å². The first-order valence-corrected chi connectivity index (χ1v) is 10.2. The van der Waals surface area contributed by atoms with Crippen LogP contribution in [0, 0.1) is 23.2 Å². The average Bonchev–Trinajstić information content (AvgIpc) is 2.64. The predicted molar refractivity (Wildman–Crippen MR) is 105 cm³/mol. The third-order valence-corrected chi connectivity index (χ3v) is 6.97. The molecule has 1 amide bonds. The monoisotopic (exact) mass is 387 g/mol. The molecule has 4 fully saturated rings. The molecule has 1 aromatic rings. The van der Waals surface area contributed by atoms with Gasteiger partial charge in [-0.05, 0) is 85.5 Å². The molecule has 5 rings (SSSR count). The van der Waals surface area contributed by atoms with Crippen molar-refractivity contribution in [3.8, 4) is 0 Å². The van der Waals surface area contributed by atoms with E-state index in [9.17, 15) is 9.59 Å². The Morgan fingerprint density at radius 1 is 1.19 bits per heavy atom. The van der Waals surface area contributed by atoms with Crippen LogP contribution in [0.2, 0.25) is 5.02 Å². The summed E-state index contributed by atoms with van der Waals surface area (Å²) in [5.41, 5.74) is 1.48. The number of hydrogen-bond donors (Lipinski definition) is 1. The van der Waals surface area contributed by atoms with Gasteiger partial charge in [0, 0.05) is 12.6 Å². The lowest BCUT2D eigenvalue weighted by molar-refractivity contribution is -0.134. The summed E-state index contributed by atoms with van der Waals surface area (Å²) >= 11 is 6.26. The van der Waals surface area contributed by atoms with Gasteiger partial charge in [0.15, 0.2) is 0 Å². The number of benzene rings is 1. The van der Waals surface area contributed by atoms with E-state index in [0.717, 1.165) is 29.9 Å². The van der Waals surface area contributed by atoms with Gasteiger partial charge in [0.25, 0.3) is 5.91 Å². The topological polar surface area (TPSA) is 55.4 Å². The fourth-order valence-electron chi connectivity index (χ4n) is 5.92. The van der Waals surface area contributed by atoms with E-state index >= 15 is 0 Å². The van der Waals surface area contributed by atoms with Gasteiger partial charge in [0.2, 0.25) is 0 Å². The van der Waals surface area contributed by atoms with Crippen LogP contribution in [0.1, 0.15) is 54.4 Å². The first-order valence-electron chi connectivity index (χ1n) is 9.80. The van der Waals surface area contributed by atoms with Gasteiger partial charge < -0.3 is 10.1 Å². The highest BCUT2D eigenvalue weighted by Gasteiger charge is 2.50. The van der Waals surface area contributed by atoms with Crippen molar-refractivity contribution >= 4 is 29.6 Å². The number of rotatable bonds is 5. The lowest BCUT2D eigenvalue weighted by Crippen LogP contribution is -2.51. The Labute approximate surface area is 165 Å². The fourth-order valence-corrected chi connectivity index (χ4v) is 6.13. The molecular weight excluding hydrogens is 362 g/mol. The Bertz CT molecular complexity index is 750. The number of halogens is 1. The summed E-state index contributed by atoms with van der Waals surface area (Å²) in [6, 6.07) is 5.19. The SMILES string of the molecule is COC(=O)/C=C/c1ccc(Cl)c(C(=O)NCC23CC4CC(CC(C4)C2)C3)c1. The van der Waals surface area contributed by atoms with E-state index < -0.39 is 5.97 Å². The molecule has 4 aliphatic carbocycles. The first kappa shape index (κ1) is 18.5. The van der Waals surface area contributed by atoms with Gasteiger partial charge in [-0.25, -0.2) is 4.79 Å². The zero-order valence-electron chi connectivity index (χ0n) is 15.7. The number of methoxy groups -OCH3 is 1. The second kappa shape index (κ2) is 7.31. The van der Waals surface area contributed by atoms with Crippen LogP contribution in [0.15, 0.2) is 24.3 Å². The maximum Gasteiger partial charge on any atom is 0.330 e. The highest BCUT2D eigenvalue weighted by molar-refractivity contribution is 6.33. The van der Waals surface area contributed by atoms with E-state index in [2.05, 4.69) is 10.1 Å². The van der Waals surface area contributed by atoms with Crippen molar-refractivity contribution in [1.82, 2.24) is 5.32 Å². The standard InChI is InChI=1S/C22H26ClNO3/c1-27-20(25)5-3-14-2-4-19(23)18(9-14)21(26)24-13-22-10-15-6-16(11-22)8-17(7-15)12-22/h2-5,9,15-17H,6-8,10-13H2,1H3,(H,24,26)/b5-3+. The summed E-state index contributed by atoms with van der Waals surface area (Å²) in [7, 11) is 1.33. The summed E-state index contributed by atoms with van der Waals surface area (Å²) in [5.74, 6) is 2.03. The van der Waals surface area contributed by atoms with Crippen LogP contribution in [0.4, 0.5) is 0 Å². The minimum absolute atomic E-state index is 0.135. The minimum atomic E-state index is -0.433. The second-order valence-electron chi connectivity index (χ2n) is 8.70. The highest BCUT2D eigenvalue weighted by atomic mass is 35.5. The van der Waals surface area contributed by atoms with Crippen LogP contribution in [0.25, 0.3) is 6.08 Å². The van der Waals surface area contributed by atoms with Crippen LogP contribution in [-0.4, -0.2) is 25.5 Å². The third-order valence-electron chi connectivity index (χ3n) is 6.64. The summed E-state index contributed by atoms with van der Waals surface area (Å²) < 4.78 is 4.60. The largest absolute Gasteiger partial charge is 0.466 e. The Kier molecular flexibility index (Phi) is 5.02. The summed E-state index contributed by atoms with van der Waals surface area (Å²) in [6.07, 6.45) is 10.9. The molecule has 4 bridgehead atoms. The maximum atomic E-state index is 12.8. The number of ether oxygens (including phenoxy) is 1. The van der Waals surface area contributed by atoms with Crippen LogP contribution in [0.3, 0.4) is 0 Å². The van der Waals surface area contributed by atoms with Gasteiger partial charge in [-0.15, -0.1) is 0 Å². The lowest BCUT2D eigenvalue weighted by atomic mass is 9.49. The van der Waals surface area contributed by atoms with Crippen LogP contribution in [0.5, 0.6) is 0 Å². The normalized spacial score (nSPS) is 31.3.